The molecule has 40 heavy (non-hydrogen) atoms. The van der Waals surface area contributed by atoms with Crippen molar-refractivity contribution in [3.8, 4) is 6.07 Å². The molecule has 1 unspecified atom stereocenters. The molecule has 1 saturated heterocycles. The third-order valence-corrected chi connectivity index (χ3v) is 7.73. The number of H-pyrrole nitrogens is 1. The van der Waals surface area contributed by atoms with Crippen molar-refractivity contribution in [2.75, 3.05) is 18.4 Å². The molecule has 0 bridgehead atoms. The van der Waals surface area contributed by atoms with Gasteiger partial charge >= 0.3 is 12.1 Å². The number of para-hydroxylation sites is 1. The molecule has 4 aromatic rings. The van der Waals surface area contributed by atoms with Gasteiger partial charge in [-0.05, 0) is 60.7 Å². The second-order valence-corrected chi connectivity index (χ2v) is 10.3. The first kappa shape index (κ1) is 25.4. The van der Waals surface area contributed by atoms with E-state index < -0.39 is 12.2 Å². The quantitative estimate of drug-likeness (QED) is 0.367. The van der Waals surface area contributed by atoms with Crippen molar-refractivity contribution < 1.29 is 14.3 Å². The minimum atomic E-state index is -0.674. The molecular weight excluding hydrogens is 506 g/mol. The number of pyridine rings is 1. The van der Waals surface area contributed by atoms with Gasteiger partial charge in [0.05, 0.1) is 29.0 Å². The Hall–Kier alpha value is -4.91. The summed E-state index contributed by atoms with van der Waals surface area (Å²) in [6.45, 7) is 3.52. The van der Waals surface area contributed by atoms with Gasteiger partial charge in [-0.2, -0.15) is 10.4 Å². The standard InChI is InChI=1S/C30H29N7O3/c1-19-12-21(13-23-17-33-35-28(19)23)15-27(26-14-20(16-31)6-9-32-26)40-30(39)36-10-7-24(8-11-36)37-18-22-4-2-3-5-25(22)34-29(37)38/h2-6,9,12-14,17,24,27H,7-8,10-11,15,18H2,1H3,(H,33,35)(H,34,38). The first-order chi connectivity index (χ1) is 19.5. The van der Waals surface area contributed by atoms with Crippen LogP contribution in [0.4, 0.5) is 15.3 Å². The molecule has 0 aliphatic carbocycles. The number of fused-ring (bicyclic) bond motifs is 2. The number of aromatic amines is 1. The predicted octanol–water partition coefficient (Wildman–Crippen LogP) is 5.07. The minimum absolute atomic E-state index is 0.0341. The highest BCUT2D eigenvalue weighted by molar-refractivity contribution is 5.92. The zero-order chi connectivity index (χ0) is 27.6. The lowest BCUT2D eigenvalue weighted by atomic mass is 10.00. The van der Waals surface area contributed by atoms with Crippen LogP contribution >= 0.6 is 0 Å². The number of hydrogen-bond acceptors (Lipinski definition) is 6. The van der Waals surface area contributed by atoms with Crippen molar-refractivity contribution >= 4 is 28.7 Å². The fraction of sp³-hybridized carbons (Fsp3) is 0.300. The number of carbonyl (C=O) groups excluding carboxylic acids is 2. The fourth-order valence-electron chi connectivity index (χ4n) is 5.62. The second-order valence-electron chi connectivity index (χ2n) is 10.3. The van der Waals surface area contributed by atoms with E-state index in [1.54, 1.807) is 29.4 Å². The van der Waals surface area contributed by atoms with E-state index in [0.29, 0.717) is 50.2 Å². The normalized spacial score (nSPS) is 16.2. The van der Waals surface area contributed by atoms with Crippen LogP contribution in [0.3, 0.4) is 0 Å². The van der Waals surface area contributed by atoms with Gasteiger partial charge in [0.1, 0.15) is 6.10 Å². The highest BCUT2D eigenvalue weighted by Gasteiger charge is 2.34. The average molecular weight is 536 g/mol. The Kier molecular flexibility index (Phi) is 6.78. The lowest BCUT2D eigenvalue weighted by Gasteiger charge is -2.40. The van der Waals surface area contributed by atoms with E-state index in [1.165, 1.54) is 0 Å². The number of nitrogens with zero attached hydrogens (tertiary/aromatic N) is 5. The van der Waals surface area contributed by atoms with Gasteiger partial charge in [-0.3, -0.25) is 10.1 Å². The minimum Gasteiger partial charge on any atom is -0.439 e. The van der Waals surface area contributed by atoms with E-state index in [4.69, 9.17) is 4.74 Å². The van der Waals surface area contributed by atoms with Crippen LogP contribution in [0.2, 0.25) is 0 Å². The maximum atomic E-state index is 13.4. The van der Waals surface area contributed by atoms with Crippen LogP contribution in [-0.4, -0.2) is 56.2 Å². The van der Waals surface area contributed by atoms with Crippen LogP contribution < -0.4 is 5.32 Å². The molecule has 10 heteroatoms. The van der Waals surface area contributed by atoms with E-state index in [0.717, 1.165) is 33.3 Å². The molecule has 0 spiro atoms. The van der Waals surface area contributed by atoms with E-state index in [-0.39, 0.29) is 12.1 Å². The largest absolute Gasteiger partial charge is 0.439 e. The monoisotopic (exact) mass is 535 g/mol. The Morgan fingerprint density at radius 3 is 2.85 bits per heavy atom. The van der Waals surface area contributed by atoms with Crippen LogP contribution in [0, 0.1) is 18.3 Å². The summed E-state index contributed by atoms with van der Waals surface area (Å²) in [5.74, 6) is 0. The van der Waals surface area contributed by atoms with Crippen LogP contribution in [-0.2, 0) is 17.7 Å². The number of amides is 3. The Bertz CT molecular complexity index is 1620. The smallest absolute Gasteiger partial charge is 0.410 e. The van der Waals surface area contributed by atoms with Crippen LogP contribution in [0.5, 0.6) is 0 Å². The molecule has 0 radical (unpaired) electrons. The van der Waals surface area contributed by atoms with Crippen molar-refractivity contribution in [3.05, 3.63) is 88.9 Å². The molecule has 1 fully saturated rings. The zero-order valence-corrected chi connectivity index (χ0v) is 22.1. The number of ether oxygens (including phenoxy) is 1. The number of anilines is 1. The molecular formula is C30H29N7O3. The third-order valence-electron chi connectivity index (χ3n) is 7.73. The van der Waals surface area contributed by atoms with Gasteiger partial charge in [-0.25, -0.2) is 9.59 Å². The zero-order valence-electron chi connectivity index (χ0n) is 22.1. The van der Waals surface area contributed by atoms with Crippen molar-refractivity contribution in [2.24, 2.45) is 0 Å². The number of rotatable bonds is 5. The summed E-state index contributed by atoms with van der Waals surface area (Å²) in [5, 5.41) is 20.5. The summed E-state index contributed by atoms with van der Waals surface area (Å²) >= 11 is 0. The molecule has 4 heterocycles. The molecule has 3 amide bonds. The van der Waals surface area contributed by atoms with Gasteiger partial charge in [0, 0.05) is 49.4 Å². The fourth-order valence-corrected chi connectivity index (χ4v) is 5.62. The summed E-state index contributed by atoms with van der Waals surface area (Å²) in [6, 6.07) is 17.2. The summed E-state index contributed by atoms with van der Waals surface area (Å²) < 4.78 is 6.06. The molecule has 2 N–H and O–H groups in total. The molecule has 202 valence electrons. The number of nitrogens with one attached hydrogen (secondary N) is 2. The van der Waals surface area contributed by atoms with Gasteiger partial charge in [0.25, 0.3) is 0 Å². The molecule has 1 atom stereocenters. The number of aryl methyl sites for hydroxylation is 1. The molecule has 2 aliphatic rings. The third kappa shape index (κ3) is 5.06. The lowest BCUT2D eigenvalue weighted by Crippen LogP contribution is -2.51. The van der Waals surface area contributed by atoms with Crippen molar-refractivity contribution in [1.82, 2.24) is 25.0 Å². The molecule has 2 aliphatic heterocycles. The van der Waals surface area contributed by atoms with Crippen molar-refractivity contribution in [3.63, 3.8) is 0 Å². The van der Waals surface area contributed by atoms with Gasteiger partial charge in [-0.15, -0.1) is 0 Å². The van der Waals surface area contributed by atoms with Gasteiger partial charge in [-0.1, -0.05) is 24.3 Å². The van der Waals surface area contributed by atoms with E-state index in [1.807, 2.05) is 48.2 Å². The van der Waals surface area contributed by atoms with E-state index >= 15 is 0 Å². The maximum Gasteiger partial charge on any atom is 0.410 e. The average Bonchev–Trinajstić information content (AvgIpc) is 3.46. The topological polar surface area (TPSA) is 127 Å². The maximum absolute atomic E-state index is 13.4. The highest BCUT2D eigenvalue weighted by Crippen LogP contribution is 2.29. The van der Waals surface area contributed by atoms with Crippen molar-refractivity contribution in [2.45, 2.75) is 44.9 Å². The number of urea groups is 1. The van der Waals surface area contributed by atoms with Gasteiger partial charge in [0.15, 0.2) is 0 Å². The summed E-state index contributed by atoms with van der Waals surface area (Å²) in [6.07, 6.45) is 3.95. The van der Waals surface area contributed by atoms with Gasteiger partial charge < -0.3 is 19.9 Å². The highest BCUT2D eigenvalue weighted by atomic mass is 16.6. The predicted molar refractivity (Wildman–Crippen MR) is 148 cm³/mol. The molecule has 2 aromatic heterocycles. The number of hydrogen-bond donors (Lipinski definition) is 2. The number of piperidine rings is 1. The number of nitriles is 1. The molecule has 6 rings (SSSR count). The lowest BCUT2D eigenvalue weighted by molar-refractivity contribution is 0.0463. The van der Waals surface area contributed by atoms with Crippen LogP contribution in [0.1, 0.15) is 46.9 Å². The summed E-state index contributed by atoms with van der Waals surface area (Å²) in [4.78, 5) is 34.1. The Labute approximate surface area is 231 Å². The van der Waals surface area contributed by atoms with Gasteiger partial charge in [0.2, 0.25) is 0 Å². The molecule has 2 aromatic carbocycles. The Morgan fingerprint density at radius 2 is 2.02 bits per heavy atom. The van der Waals surface area contributed by atoms with E-state index in [9.17, 15) is 14.9 Å². The second kappa shape index (κ2) is 10.7. The molecule has 0 saturated carbocycles. The summed E-state index contributed by atoms with van der Waals surface area (Å²) in [5.41, 5.74) is 5.90. The van der Waals surface area contributed by atoms with E-state index in [2.05, 4.69) is 26.6 Å². The SMILES string of the molecule is Cc1cc(CC(OC(=O)N2CCC(N3Cc4ccccc4NC3=O)CC2)c2cc(C#N)ccn2)cc2cn[nH]c12. The van der Waals surface area contributed by atoms with Crippen LogP contribution in [0.25, 0.3) is 10.9 Å². The van der Waals surface area contributed by atoms with Crippen LogP contribution in [0.15, 0.2) is 60.9 Å². The first-order valence-electron chi connectivity index (χ1n) is 13.4. The number of carbonyl (C=O) groups is 2. The number of aromatic nitrogens is 3. The first-order valence-corrected chi connectivity index (χ1v) is 13.4. The number of benzene rings is 2. The Morgan fingerprint density at radius 1 is 1.20 bits per heavy atom. The Balaban J connectivity index is 1.15. The molecule has 10 nitrogen and oxygen atoms in total. The summed E-state index contributed by atoms with van der Waals surface area (Å²) in [7, 11) is 0. The number of likely N-dealkylation sites (tertiary alicyclic amines) is 1. The van der Waals surface area contributed by atoms with Crippen molar-refractivity contribution in [1.29, 1.82) is 5.26 Å².